The number of methoxy groups -OCH3 is 3. The lowest BCUT2D eigenvalue weighted by molar-refractivity contribution is 0.0956. The molecule has 0 aliphatic carbocycles. The van der Waals surface area contributed by atoms with Gasteiger partial charge in [0, 0.05) is 6.54 Å². The van der Waals surface area contributed by atoms with Crippen LogP contribution < -0.4 is 19.5 Å². The Kier molecular flexibility index (Phi) is 6.13. The summed E-state index contributed by atoms with van der Waals surface area (Å²) in [5.74, 6) is 2.10. The van der Waals surface area contributed by atoms with Crippen molar-refractivity contribution in [3.63, 3.8) is 0 Å². The van der Waals surface area contributed by atoms with Crippen LogP contribution in [0, 0.1) is 0 Å². The normalized spacial score (nSPS) is 11.9. The first-order chi connectivity index (χ1) is 13.6. The molecule has 1 aromatic heterocycles. The lowest BCUT2D eigenvalue weighted by atomic mass is 10.1. The number of rotatable bonds is 8. The van der Waals surface area contributed by atoms with Crippen LogP contribution in [0.5, 0.6) is 17.2 Å². The molecule has 0 aliphatic rings. The molecule has 3 aromatic rings. The molecule has 1 atom stereocenters. The third-order valence-electron chi connectivity index (χ3n) is 4.43. The van der Waals surface area contributed by atoms with E-state index in [1.807, 2.05) is 12.1 Å². The summed E-state index contributed by atoms with van der Waals surface area (Å²) in [5.41, 5.74) is 2.27. The molecule has 2 aromatic carbocycles. The van der Waals surface area contributed by atoms with Crippen LogP contribution in [0.3, 0.4) is 0 Å². The number of aromatic nitrogens is 2. The molecule has 3 N–H and O–H groups in total. The number of nitrogens with one attached hydrogen (secondary N) is 1. The van der Waals surface area contributed by atoms with Crippen LogP contribution in [0.15, 0.2) is 36.7 Å². The predicted molar refractivity (Wildman–Crippen MR) is 105 cm³/mol. The van der Waals surface area contributed by atoms with Gasteiger partial charge in [0.05, 0.1) is 33.3 Å². The predicted octanol–water partition coefficient (Wildman–Crippen LogP) is 2.29. The first kappa shape index (κ1) is 19.7. The molecule has 0 saturated heterocycles. The quantitative estimate of drug-likeness (QED) is 0.542. The van der Waals surface area contributed by atoms with Gasteiger partial charge in [0.15, 0.2) is 11.5 Å². The number of anilines is 1. The Hall–Kier alpha value is -3.10. The van der Waals surface area contributed by atoms with Crippen molar-refractivity contribution >= 4 is 16.7 Å². The molecular formula is C20H23N3O5. The van der Waals surface area contributed by atoms with Gasteiger partial charge in [-0.15, -0.1) is 0 Å². The van der Waals surface area contributed by atoms with Crippen LogP contribution >= 0.6 is 0 Å². The number of ether oxygens (including phenoxy) is 3. The van der Waals surface area contributed by atoms with E-state index in [-0.39, 0.29) is 6.61 Å². The fourth-order valence-electron chi connectivity index (χ4n) is 2.95. The third kappa shape index (κ3) is 3.78. The molecule has 0 aliphatic heterocycles. The van der Waals surface area contributed by atoms with E-state index in [2.05, 4.69) is 15.3 Å². The second-order valence-corrected chi connectivity index (χ2v) is 6.06. The molecule has 1 unspecified atom stereocenters. The van der Waals surface area contributed by atoms with Gasteiger partial charge in [0.1, 0.15) is 23.8 Å². The van der Waals surface area contributed by atoms with Crippen molar-refractivity contribution in [2.45, 2.75) is 12.6 Å². The zero-order valence-electron chi connectivity index (χ0n) is 16.0. The summed E-state index contributed by atoms with van der Waals surface area (Å²) in [5, 5.41) is 22.7. The first-order valence-corrected chi connectivity index (χ1v) is 8.68. The highest BCUT2D eigenvalue weighted by molar-refractivity contribution is 5.96. The second kappa shape index (κ2) is 8.73. The summed E-state index contributed by atoms with van der Waals surface area (Å²) in [4.78, 5) is 8.67. The van der Waals surface area contributed by atoms with E-state index < -0.39 is 6.10 Å². The number of hydrogen-bond donors (Lipinski definition) is 3. The molecule has 0 bridgehead atoms. The summed E-state index contributed by atoms with van der Waals surface area (Å²) in [6, 6.07) is 9.14. The molecule has 0 saturated carbocycles. The van der Waals surface area contributed by atoms with E-state index in [1.165, 1.54) is 6.33 Å². The summed E-state index contributed by atoms with van der Waals surface area (Å²) < 4.78 is 16.3. The van der Waals surface area contributed by atoms with E-state index in [0.29, 0.717) is 40.7 Å². The third-order valence-corrected chi connectivity index (χ3v) is 4.43. The SMILES string of the molecule is COc1cc2c(NCc3ccc(C(O)CO)cc3)ncnc2c(OC)c1OC. The van der Waals surface area contributed by atoms with Crippen LogP contribution in [0.25, 0.3) is 10.9 Å². The maximum absolute atomic E-state index is 9.67. The average Bonchev–Trinajstić information content (AvgIpc) is 2.75. The fraction of sp³-hybridized carbons (Fsp3) is 0.300. The van der Waals surface area contributed by atoms with Gasteiger partial charge < -0.3 is 29.7 Å². The van der Waals surface area contributed by atoms with Gasteiger partial charge in [-0.25, -0.2) is 9.97 Å². The average molecular weight is 385 g/mol. The van der Waals surface area contributed by atoms with Crippen molar-refractivity contribution in [1.82, 2.24) is 9.97 Å². The van der Waals surface area contributed by atoms with Gasteiger partial charge in [-0.05, 0) is 17.2 Å². The van der Waals surface area contributed by atoms with Crippen LogP contribution in [-0.4, -0.2) is 48.1 Å². The molecule has 0 radical (unpaired) electrons. The number of benzene rings is 2. The van der Waals surface area contributed by atoms with Crippen molar-refractivity contribution in [3.8, 4) is 17.2 Å². The Morgan fingerprint density at radius 1 is 1.00 bits per heavy atom. The Bertz CT molecular complexity index is 947. The Morgan fingerprint density at radius 3 is 2.32 bits per heavy atom. The van der Waals surface area contributed by atoms with Gasteiger partial charge in [0.25, 0.3) is 0 Å². The van der Waals surface area contributed by atoms with Crippen molar-refractivity contribution in [2.75, 3.05) is 33.3 Å². The molecule has 8 heteroatoms. The highest BCUT2D eigenvalue weighted by Gasteiger charge is 2.19. The minimum absolute atomic E-state index is 0.308. The van der Waals surface area contributed by atoms with Crippen molar-refractivity contribution in [3.05, 3.63) is 47.8 Å². The number of aliphatic hydroxyl groups excluding tert-OH is 2. The van der Waals surface area contributed by atoms with E-state index in [9.17, 15) is 5.11 Å². The lowest BCUT2D eigenvalue weighted by Gasteiger charge is -2.16. The van der Waals surface area contributed by atoms with Crippen LogP contribution in [0.1, 0.15) is 17.2 Å². The molecule has 1 heterocycles. The smallest absolute Gasteiger partial charge is 0.205 e. The standard InChI is InChI=1S/C20H23N3O5/c1-26-16-8-14-17(19(28-3)18(16)27-2)22-11-23-20(14)21-9-12-4-6-13(7-5-12)15(25)10-24/h4-8,11,15,24-25H,9-10H2,1-3H3,(H,21,22,23). The van der Waals surface area contributed by atoms with Crippen LogP contribution in [0.4, 0.5) is 5.82 Å². The summed E-state index contributed by atoms with van der Waals surface area (Å²) >= 11 is 0. The number of fused-ring (bicyclic) bond motifs is 1. The highest BCUT2D eigenvalue weighted by atomic mass is 16.5. The molecule has 3 rings (SSSR count). The van der Waals surface area contributed by atoms with E-state index >= 15 is 0 Å². The van der Waals surface area contributed by atoms with Crippen molar-refractivity contribution in [1.29, 1.82) is 0 Å². The Morgan fingerprint density at radius 2 is 1.71 bits per heavy atom. The lowest BCUT2D eigenvalue weighted by Crippen LogP contribution is -2.05. The van der Waals surface area contributed by atoms with Gasteiger partial charge in [0.2, 0.25) is 5.75 Å². The number of hydrogen-bond acceptors (Lipinski definition) is 8. The van der Waals surface area contributed by atoms with Crippen LogP contribution in [-0.2, 0) is 6.54 Å². The van der Waals surface area contributed by atoms with E-state index in [1.54, 1.807) is 39.5 Å². The number of nitrogens with zero attached hydrogens (tertiary/aromatic N) is 2. The first-order valence-electron chi connectivity index (χ1n) is 8.68. The topological polar surface area (TPSA) is 106 Å². The fourth-order valence-corrected chi connectivity index (χ4v) is 2.95. The van der Waals surface area contributed by atoms with E-state index in [4.69, 9.17) is 19.3 Å². The molecule has 0 spiro atoms. The summed E-state index contributed by atoms with van der Waals surface area (Å²) in [6.07, 6.45) is 0.586. The Balaban J connectivity index is 1.91. The molecular weight excluding hydrogens is 362 g/mol. The molecule has 148 valence electrons. The number of aliphatic hydroxyl groups is 2. The summed E-state index contributed by atoms with van der Waals surface area (Å²) in [7, 11) is 4.65. The molecule has 0 fully saturated rings. The zero-order valence-corrected chi connectivity index (χ0v) is 16.0. The Labute approximate surface area is 162 Å². The van der Waals surface area contributed by atoms with Gasteiger partial charge in [-0.3, -0.25) is 0 Å². The highest BCUT2D eigenvalue weighted by Crippen LogP contribution is 2.43. The van der Waals surface area contributed by atoms with Gasteiger partial charge >= 0.3 is 0 Å². The second-order valence-electron chi connectivity index (χ2n) is 6.06. The largest absolute Gasteiger partial charge is 0.493 e. The maximum atomic E-state index is 9.67. The van der Waals surface area contributed by atoms with Gasteiger partial charge in [-0.2, -0.15) is 0 Å². The van der Waals surface area contributed by atoms with Gasteiger partial charge in [-0.1, -0.05) is 24.3 Å². The summed E-state index contributed by atoms with van der Waals surface area (Å²) in [6.45, 7) is 0.204. The molecule has 0 amide bonds. The molecule has 28 heavy (non-hydrogen) atoms. The van der Waals surface area contributed by atoms with Crippen molar-refractivity contribution in [2.24, 2.45) is 0 Å². The zero-order chi connectivity index (χ0) is 20.1. The van der Waals surface area contributed by atoms with Crippen LogP contribution in [0.2, 0.25) is 0 Å². The molecule has 8 nitrogen and oxygen atoms in total. The minimum Gasteiger partial charge on any atom is -0.493 e. The monoisotopic (exact) mass is 385 g/mol. The van der Waals surface area contributed by atoms with E-state index in [0.717, 1.165) is 10.9 Å². The maximum Gasteiger partial charge on any atom is 0.205 e. The van der Waals surface area contributed by atoms with Crippen molar-refractivity contribution < 1.29 is 24.4 Å². The minimum atomic E-state index is -0.872.